The Kier molecular flexibility index (Phi) is 6.73. The zero-order chi connectivity index (χ0) is 15.0. The van der Waals surface area contributed by atoms with Crippen LogP contribution in [0.2, 0.25) is 0 Å². The summed E-state index contributed by atoms with van der Waals surface area (Å²) in [5, 5.41) is 8.35. The second kappa shape index (κ2) is 8.32. The minimum atomic E-state index is -0.343. The first-order valence-corrected chi connectivity index (χ1v) is 6.81. The Morgan fingerprint density at radius 1 is 1.15 bits per heavy atom. The quantitative estimate of drug-likeness (QED) is 0.678. The first-order chi connectivity index (χ1) is 9.52. The number of benzene rings is 1. The molecule has 1 rings (SSSR count). The fourth-order valence-electron chi connectivity index (χ4n) is 1.84. The molecule has 0 aliphatic rings. The molecule has 0 saturated carbocycles. The van der Waals surface area contributed by atoms with E-state index in [1.807, 2.05) is 44.2 Å². The summed E-state index contributed by atoms with van der Waals surface area (Å²) in [6.45, 7) is 3.76. The third kappa shape index (κ3) is 5.84. The molecule has 0 unspecified atom stereocenters. The molecule has 0 fully saturated rings. The van der Waals surface area contributed by atoms with Gasteiger partial charge in [0.1, 0.15) is 0 Å². The number of nitrogens with one attached hydrogen (secondary N) is 3. The van der Waals surface area contributed by atoms with Crippen LogP contribution in [0.5, 0.6) is 0 Å². The van der Waals surface area contributed by atoms with Crippen molar-refractivity contribution in [1.29, 1.82) is 0 Å². The molecular weight excluding hydrogens is 254 g/mol. The van der Waals surface area contributed by atoms with Crippen LogP contribution in [-0.4, -0.2) is 37.5 Å². The topological polar surface area (TPSA) is 70.2 Å². The van der Waals surface area contributed by atoms with Gasteiger partial charge in [-0.3, -0.25) is 9.59 Å². The molecule has 0 saturated heterocycles. The molecule has 0 aromatic heterocycles. The average molecular weight is 277 g/mol. The molecule has 0 heterocycles. The van der Waals surface area contributed by atoms with Crippen molar-refractivity contribution < 1.29 is 9.59 Å². The van der Waals surface area contributed by atoms with Crippen molar-refractivity contribution in [2.24, 2.45) is 0 Å². The predicted octanol–water partition coefficient (Wildman–Crippen LogP) is 0.458. The predicted molar refractivity (Wildman–Crippen MR) is 79.3 cm³/mol. The summed E-state index contributed by atoms with van der Waals surface area (Å²) >= 11 is 0. The van der Waals surface area contributed by atoms with E-state index >= 15 is 0 Å². The van der Waals surface area contributed by atoms with Crippen LogP contribution in [-0.2, 0) is 16.0 Å². The summed E-state index contributed by atoms with van der Waals surface area (Å²) in [5.41, 5.74) is 1.08. The second-order valence-electron chi connectivity index (χ2n) is 4.97. The van der Waals surface area contributed by atoms with Gasteiger partial charge in [-0.15, -0.1) is 0 Å². The molecule has 0 aliphatic carbocycles. The van der Waals surface area contributed by atoms with Gasteiger partial charge in [-0.05, 0) is 32.9 Å². The highest BCUT2D eigenvalue weighted by molar-refractivity contribution is 5.87. The molecule has 2 amide bonds. The van der Waals surface area contributed by atoms with Crippen molar-refractivity contribution in [3.8, 4) is 0 Å². The van der Waals surface area contributed by atoms with Gasteiger partial charge < -0.3 is 16.0 Å². The number of rotatable bonds is 7. The minimum absolute atomic E-state index is 0.00395. The van der Waals surface area contributed by atoms with E-state index in [9.17, 15) is 9.59 Å². The highest BCUT2D eigenvalue weighted by Gasteiger charge is 2.17. The van der Waals surface area contributed by atoms with Gasteiger partial charge in [-0.25, -0.2) is 0 Å². The van der Waals surface area contributed by atoms with E-state index < -0.39 is 0 Å². The molecule has 110 valence electrons. The number of carbonyl (C=O) groups excluding carboxylic acids is 2. The average Bonchev–Trinajstić information content (AvgIpc) is 2.42. The van der Waals surface area contributed by atoms with E-state index in [0.717, 1.165) is 5.56 Å². The van der Waals surface area contributed by atoms with Crippen LogP contribution < -0.4 is 16.0 Å². The smallest absolute Gasteiger partial charge is 0.239 e. The lowest BCUT2D eigenvalue weighted by molar-refractivity contribution is -0.127. The monoisotopic (exact) mass is 277 g/mol. The van der Waals surface area contributed by atoms with Gasteiger partial charge in [0.15, 0.2) is 0 Å². The van der Waals surface area contributed by atoms with Crippen LogP contribution in [0.3, 0.4) is 0 Å². The minimum Gasteiger partial charge on any atom is -0.352 e. The molecule has 1 atom stereocenters. The van der Waals surface area contributed by atoms with E-state index in [1.165, 1.54) is 0 Å². The summed E-state index contributed by atoms with van der Waals surface area (Å²) in [5.74, 6) is -0.349. The normalized spacial score (nSPS) is 12.0. The van der Waals surface area contributed by atoms with Gasteiger partial charge in [0.25, 0.3) is 0 Å². The van der Waals surface area contributed by atoms with E-state index in [2.05, 4.69) is 16.0 Å². The summed E-state index contributed by atoms with van der Waals surface area (Å²) < 4.78 is 0. The molecule has 0 spiro atoms. The highest BCUT2D eigenvalue weighted by Crippen LogP contribution is 2.02. The molecular formula is C15H23N3O2. The zero-order valence-corrected chi connectivity index (χ0v) is 12.3. The van der Waals surface area contributed by atoms with Crippen LogP contribution >= 0.6 is 0 Å². The SMILES string of the molecule is CN[C@@H](Cc1ccccc1)C(=O)NCC(=O)NC(C)C. The largest absolute Gasteiger partial charge is 0.352 e. The van der Waals surface area contributed by atoms with Crippen LogP contribution in [0, 0.1) is 0 Å². The lowest BCUT2D eigenvalue weighted by Gasteiger charge is -2.16. The van der Waals surface area contributed by atoms with Crippen LogP contribution in [0.25, 0.3) is 0 Å². The Balaban J connectivity index is 2.45. The molecule has 1 aromatic rings. The van der Waals surface area contributed by atoms with Gasteiger partial charge in [-0.1, -0.05) is 30.3 Å². The Morgan fingerprint density at radius 2 is 1.80 bits per heavy atom. The maximum atomic E-state index is 12.0. The van der Waals surface area contributed by atoms with Crippen LogP contribution in [0.4, 0.5) is 0 Å². The number of hydrogen-bond acceptors (Lipinski definition) is 3. The van der Waals surface area contributed by atoms with Gasteiger partial charge in [0.2, 0.25) is 11.8 Å². The maximum Gasteiger partial charge on any atom is 0.239 e. The van der Waals surface area contributed by atoms with Gasteiger partial charge >= 0.3 is 0 Å². The summed E-state index contributed by atoms with van der Waals surface area (Å²) in [6, 6.07) is 9.50. The third-order valence-corrected chi connectivity index (χ3v) is 2.82. The summed E-state index contributed by atoms with van der Waals surface area (Å²) in [6.07, 6.45) is 0.592. The number of carbonyl (C=O) groups is 2. The van der Waals surface area contributed by atoms with Crippen molar-refractivity contribution >= 4 is 11.8 Å². The van der Waals surface area contributed by atoms with Crippen molar-refractivity contribution in [3.63, 3.8) is 0 Å². The van der Waals surface area contributed by atoms with Crippen molar-refractivity contribution in [3.05, 3.63) is 35.9 Å². The van der Waals surface area contributed by atoms with E-state index in [4.69, 9.17) is 0 Å². The third-order valence-electron chi connectivity index (χ3n) is 2.82. The Labute approximate surface area is 120 Å². The number of likely N-dealkylation sites (N-methyl/N-ethyl adjacent to an activating group) is 1. The second-order valence-corrected chi connectivity index (χ2v) is 4.97. The van der Waals surface area contributed by atoms with Crippen LogP contribution in [0.1, 0.15) is 19.4 Å². The first kappa shape index (κ1) is 16.2. The van der Waals surface area contributed by atoms with E-state index in [1.54, 1.807) is 7.05 Å². The zero-order valence-electron chi connectivity index (χ0n) is 12.3. The molecule has 1 aromatic carbocycles. The van der Waals surface area contributed by atoms with Crippen molar-refractivity contribution in [2.75, 3.05) is 13.6 Å². The summed E-state index contributed by atoms with van der Waals surface area (Å²) in [7, 11) is 1.74. The van der Waals surface area contributed by atoms with Crippen molar-refractivity contribution in [1.82, 2.24) is 16.0 Å². The molecule has 5 heteroatoms. The van der Waals surface area contributed by atoms with Gasteiger partial charge in [-0.2, -0.15) is 0 Å². The van der Waals surface area contributed by atoms with Crippen molar-refractivity contribution in [2.45, 2.75) is 32.4 Å². The molecule has 5 nitrogen and oxygen atoms in total. The lowest BCUT2D eigenvalue weighted by Crippen LogP contribution is -2.47. The number of amides is 2. The molecule has 20 heavy (non-hydrogen) atoms. The molecule has 0 bridgehead atoms. The fraction of sp³-hybridized carbons (Fsp3) is 0.467. The highest BCUT2D eigenvalue weighted by atomic mass is 16.2. The standard InChI is InChI=1S/C15H23N3O2/c1-11(2)18-14(19)10-17-15(20)13(16-3)9-12-7-5-4-6-8-12/h4-8,11,13,16H,9-10H2,1-3H3,(H,17,20)(H,18,19)/t13-/m0/s1. The Hall–Kier alpha value is -1.88. The maximum absolute atomic E-state index is 12.0. The molecule has 0 radical (unpaired) electrons. The fourth-order valence-corrected chi connectivity index (χ4v) is 1.84. The summed E-state index contributed by atoms with van der Waals surface area (Å²) in [4.78, 5) is 23.5. The molecule has 3 N–H and O–H groups in total. The van der Waals surface area contributed by atoms with Crippen LogP contribution in [0.15, 0.2) is 30.3 Å². The lowest BCUT2D eigenvalue weighted by atomic mass is 10.1. The Morgan fingerprint density at radius 3 is 2.35 bits per heavy atom. The van der Waals surface area contributed by atoms with E-state index in [0.29, 0.717) is 6.42 Å². The number of hydrogen-bond donors (Lipinski definition) is 3. The molecule has 0 aliphatic heterocycles. The van der Waals surface area contributed by atoms with Gasteiger partial charge in [0.05, 0.1) is 12.6 Å². The van der Waals surface area contributed by atoms with E-state index in [-0.39, 0.29) is 30.4 Å². The first-order valence-electron chi connectivity index (χ1n) is 6.81. The van der Waals surface area contributed by atoms with Gasteiger partial charge in [0, 0.05) is 6.04 Å². The Bertz CT molecular complexity index is 432.